The number of ketones is 1. The Labute approximate surface area is 133 Å². The molecule has 0 saturated carbocycles. The van der Waals surface area contributed by atoms with Crippen LogP contribution in [0.15, 0.2) is 54.6 Å². The SMILES string of the molecule is Cl.O=C(O)CSCC(=O)c1ccc(-c2ccccc2)cc1. The van der Waals surface area contributed by atoms with Gasteiger partial charge in [0.25, 0.3) is 0 Å². The molecular weight excluding hydrogens is 308 g/mol. The number of aliphatic carboxylic acids is 1. The van der Waals surface area contributed by atoms with Gasteiger partial charge in [-0.05, 0) is 11.1 Å². The van der Waals surface area contributed by atoms with Crippen molar-refractivity contribution < 1.29 is 14.7 Å². The lowest BCUT2D eigenvalue weighted by Crippen LogP contribution is -2.06. The van der Waals surface area contributed by atoms with Crippen molar-refractivity contribution in [3.05, 3.63) is 60.2 Å². The van der Waals surface area contributed by atoms with Gasteiger partial charge in [-0.15, -0.1) is 24.2 Å². The number of carbonyl (C=O) groups excluding carboxylic acids is 1. The smallest absolute Gasteiger partial charge is 0.313 e. The molecule has 0 saturated heterocycles. The minimum Gasteiger partial charge on any atom is -0.481 e. The Kier molecular flexibility index (Phi) is 6.99. The van der Waals surface area contributed by atoms with Crippen LogP contribution < -0.4 is 0 Å². The molecule has 0 radical (unpaired) electrons. The van der Waals surface area contributed by atoms with E-state index in [1.165, 1.54) is 0 Å². The molecule has 0 heterocycles. The lowest BCUT2D eigenvalue weighted by atomic mass is 10.0. The third-order valence-corrected chi connectivity index (χ3v) is 3.69. The van der Waals surface area contributed by atoms with Crippen LogP contribution in [0.5, 0.6) is 0 Å². The minimum atomic E-state index is -0.901. The lowest BCUT2D eigenvalue weighted by Gasteiger charge is -2.04. The van der Waals surface area contributed by atoms with E-state index in [2.05, 4.69) is 0 Å². The Bertz CT molecular complexity index is 597. The van der Waals surface area contributed by atoms with Crippen LogP contribution in [0.3, 0.4) is 0 Å². The predicted octanol–water partition coefficient (Wildman–Crippen LogP) is 3.78. The lowest BCUT2D eigenvalue weighted by molar-refractivity contribution is -0.133. The van der Waals surface area contributed by atoms with Crippen molar-refractivity contribution in [3.63, 3.8) is 0 Å². The first-order chi connectivity index (χ1) is 9.66. The number of halogens is 1. The topological polar surface area (TPSA) is 54.4 Å². The van der Waals surface area contributed by atoms with Gasteiger partial charge in [0.05, 0.1) is 11.5 Å². The van der Waals surface area contributed by atoms with E-state index in [9.17, 15) is 9.59 Å². The summed E-state index contributed by atoms with van der Waals surface area (Å²) in [5.41, 5.74) is 2.77. The second-order valence-corrected chi connectivity index (χ2v) is 5.24. The number of thioether (sulfide) groups is 1. The number of carboxylic acid groups (broad SMARTS) is 1. The summed E-state index contributed by atoms with van der Waals surface area (Å²) in [5, 5.41) is 8.53. The quantitative estimate of drug-likeness (QED) is 0.822. The zero-order valence-electron chi connectivity index (χ0n) is 11.2. The van der Waals surface area contributed by atoms with Crippen LogP contribution in [0.25, 0.3) is 11.1 Å². The van der Waals surface area contributed by atoms with E-state index in [1.807, 2.05) is 42.5 Å². The maximum atomic E-state index is 11.9. The standard InChI is InChI=1S/C16H14O3S.ClH/c17-15(10-20-11-16(18)19)14-8-6-13(7-9-14)12-4-2-1-3-5-12;/h1-9H,10-11H2,(H,18,19);1H. The average Bonchev–Trinajstić information content (AvgIpc) is 2.48. The summed E-state index contributed by atoms with van der Waals surface area (Å²) < 4.78 is 0. The summed E-state index contributed by atoms with van der Waals surface area (Å²) >= 11 is 1.12. The van der Waals surface area contributed by atoms with Crippen LogP contribution in [0.2, 0.25) is 0 Å². The van der Waals surface area contributed by atoms with Crippen molar-refractivity contribution in [1.29, 1.82) is 0 Å². The van der Waals surface area contributed by atoms with Crippen LogP contribution in [0.1, 0.15) is 10.4 Å². The Hall–Kier alpha value is -1.78. The summed E-state index contributed by atoms with van der Waals surface area (Å²) in [6, 6.07) is 17.3. The van der Waals surface area contributed by atoms with Gasteiger partial charge in [-0.1, -0.05) is 54.6 Å². The number of carbonyl (C=O) groups is 2. The van der Waals surface area contributed by atoms with Crippen molar-refractivity contribution in [3.8, 4) is 11.1 Å². The number of rotatable bonds is 6. The fraction of sp³-hybridized carbons (Fsp3) is 0.125. The Morgan fingerprint density at radius 1 is 0.857 bits per heavy atom. The highest BCUT2D eigenvalue weighted by molar-refractivity contribution is 8.00. The molecule has 0 atom stereocenters. The van der Waals surface area contributed by atoms with Gasteiger partial charge in [-0.3, -0.25) is 9.59 Å². The minimum absolute atomic E-state index is 0. The molecule has 0 fully saturated rings. The van der Waals surface area contributed by atoms with Crippen molar-refractivity contribution in [2.45, 2.75) is 0 Å². The Morgan fingerprint density at radius 2 is 1.43 bits per heavy atom. The molecular formula is C16H15ClO3S. The first-order valence-corrected chi connectivity index (χ1v) is 7.30. The predicted molar refractivity (Wildman–Crippen MR) is 88.4 cm³/mol. The Balaban J connectivity index is 0.00000220. The van der Waals surface area contributed by atoms with Gasteiger partial charge in [0.2, 0.25) is 0 Å². The summed E-state index contributed by atoms with van der Waals surface area (Å²) in [7, 11) is 0. The Morgan fingerprint density at radius 3 is 2.00 bits per heavy atom. The molecule has 21 heavy (non-hydrogen) atoms. The highest BCUT2D eigenvalue weighted by Gasteiger charge is 2.07. The molecule has 0 bridgehead atoms. The van der Waals surface area contributed by atoms with Crippen molar-refractivity contribution >= 4 is 35.9 Å². The first-order valence-electron chi connectivity index (χ1n) is 6.15. The molecule has 110 valence electrons. The van der Waals surface area contributed by atoms with Gasteiger partial charge in [0.1, 0.15) is 0 Å². The summed E-state index contributed by atoms with van der Waals surface area (Å²) in [5.74, 6) is -0.803. The molecule has 0 aromatic heterocycles. The highest BCUT2D eigenvalue weighted by atomic mass is 35.5. The molecule has 0 unspecified atom stereocenters. The second-order valence-electron chi connectivity index (χ2n) is 4.25. The van der Waals surface area contributed by atoms with Crippen LogP contribution in [0.4, 0.5) is 0 Å². The van der Waals surface area contributed by atoms with Gasteiger partial charge in [0.15, 0.2) is 5.78 Å². The van der Waals surface area contributed by atoms with E-state index in [1.54, 1.807) is 12.1 Å². The van der Waals surface area contributed by atoms with Gasteiger partial charge in [-0.25, -0.2) is 0 Å². The molecule has 2 aromatic rings. The van der Waals surface area contributed by atoms with Crippen LogP contribution in [-0.4, -0.2) is 28.4 Å². The fourth-order valence-corrected chi connectivity index (χ4v) is 2.42. The van der Waals surface area contributed by atoms with E-state index in [-0.39, 0.29) is 29.7 Å². The molecule has 0 spiro atoms. The van der Waals surface area contributed by atoms with Crippen molar-refractivity contribution in [1.82, 2.24) is 0 Å². The van der Waals surface area contributed by atoms with Crippen LogP contribution >= 0.6 is 24.2 Å². The van der Waals surface area contributed by atoms with Crippen LogP contribution in [-0.2, 0) is 4.79 Å². The molecule has 0 aliphatic carbocycles. The normalized spacial score (nSPS) is 9.71. The zero-order chi connectivity index (χ0) is 14.4. The molecule has 3 nitrogen and oxygen atoms in total. The molecule has 0 aliphatic rings. The van der Waals surface area contributed by atoms with E-state index in [0.717, 1.165) is 22.9 Å². The molecule has 2 rings (SSSR count). The van der Waals surface area contributed by atoms with Crippen LogP contribution in [0, 0.1) is 0 Å². The average molecular weight is 323 g/mol. The van der Waals surface area contributed by atoms with E-state index in [0.29, 0.717) is 5.56 Å². The van der Waals surface area contributed by atoms with E-state index >= 15 is 0 Å². The molecule has 0 amide bonds. The van der Waals surface area contributed by atoms with Crippen molar-refractivity contribution in [2.75, 3.05) is 11.5 Å². The van der Waals surface area contributed by atoms with Gasteiger partial charge in [-0.2, -0.15) is 0 Å². The zero-order valence-corrected chi connectivity index (χ0v) is 12.8. The number of carboxylic acids is 1. The maximum Gasteiger partial charge on any atom is 0.313 e. The summed E-state index contributed by atoms with van der Waals surface area (Å²) in [6.07, 6.45) is 0. The fourth-order valence-electron chi connectivity index (χ4n) is 1.79. The number of Topliss-reactive ketones (excluding diaryl/α,β-unsaturated/α-hetero) is 1. The first kappa shape index (κ1) is 17.3. The van der Waals surface area contributed by atoms with Gasteiger partial charge >= 0.3 is 5.97 Å². The number of hydrogen-bond acceptors (Lipinski definition) is 3. The molecule has 0 aliphatic heterocycles. The number of benzene rings is 2. The van der Waals surface area contributed by atoms with Gasteiger partial charge in [0, 0.05) is 5.56 Å². The third-order valence-electron chi connectivity index (χ3n) is 2.77. The second kappa shape index (κ2) is 8.49. The van der Waals surface area contributed by atoms with Crippen molar-refractivity contribution in [2.24, 2.45) is 0 Å². The summed E-state index contributed by atoms with van der Waals surface area (Å²) in [6.45, 7) is 0. The maximum absolute atomic E-state index is 11.9. The largest absolute Gasteiger partial charge is 0.481 e. The number of hydrogen-bond donors (Lipinski definition) is 1. The van der Waals surface area contributed by atoms with E-state index < -0.39 is 5.97 Å². The third kappa shape index (κ3) is 5.25. The monoisotopic (exact) mass is 322 g/mol. The molecule has 2 aromatic carbocycles. The highest BCUT2D eigenvalue weighted by Crippen LogP contribution is 2.19. The molecule has 1 N–H and O–H groups in total. The van der Waals surface area contributed by atoms with E-state index in [4.69, 9.17) is 5.11 Å². The summed E-state index contributed by atoms with van der Waals surface area (Å²) in [4.78, 5) is 22.2. The van der Waals surface area contributed by atoms with Gasteiger partial charge < -0.3 is 5.11 Å². The molecule has 5 heteroatoms.